The van der Waals surface area contributed by atoms with E-state index >= 15 is 0 Å². The normalized spacial score (nSPS) is 12.3. The number of rotatable bonds is 11. The van der Waals surface area contributed by atoms with E-state index in [0.29, 0.717) is 22.2 Å². The molecule has 0 heterocycles. The highest BCUT2D eigenvalue weighted by atomic mass is 35.6. The molecule has 1 atom stereocenters. The second-order valence-electron chi connectivity index (χ2n) is 6.64. The molecule has 10 heteroatoms. The third kappa shape index (κ3) is 11.7. The van der Waals surface area contributed by atoms with E-state index in [1.807, 2.05) is 0 Å². The first-order valence-corrected chi connectivity index (χ1v) is 11.8. The van der Waals surface area contributed by atoms with E-state index in [9.17, 15) is 4.79 Å². The van der Waals surface area contributed by atoms with E-state index in [2.05, 4.69) is 22.9 Å². The highest BCUT2D eigenvalue weighted by Crippen LogP contribution is 2.29. The Morgan fingerprint density at radius 3 is 2.21 bits per heavy atom. The molecule has 0 fully saturated rings. The van der Waals surface area contributed by atoms with Crippen LogP contribution in [0.5, 0.6) is 0 Å². The third-order valence-corrected chi connectivity index (χ3v) is 5.71. The molecule has 0 bridgehead atoms. The van der Waals surface area contributed by atoms with Gasteiger partial charge < -0.3 is 16.0 Å². The minimum Gasteiger partial charge on any atom is -0.339 e. The molecule has 0 saturated carbocycles. The molecule has 0 aromatic heterocycles. The number of carbonyl (C=O) groups is 1. The summed E-state index contributed by atoms with van der Waals surface area (Å²) < 4.78 is -1.79. The van der Waals surface area contributed by atoms with Crippen molar-refractivity contribution >= 4 is 86.9 Å². The van der Waals surface area contributed by atoms with Crippen molar-refractivity contribution in [2.45, 2.75) is 68.2 Å². The number of amides is 1. The molecule has 3 N–H and O–H groups in total. The van der Waals surface area contributed by atoms with Gasteiger partial charge in [0, 0.05) is 12.1 Å². The molecule has 1 amide bonds. The van der Waals surface area contributed by atoms with Gasteiger partial charge in [-0.05, 0) is 36.8 Å². The van der Waals surface area contributed by atoms with E-state index in [1.54, 1.807) is 18.2 Å². The van der Waals surface area contributed by atoms with E-state index in [0.717, 1.165) is 19.3 Å². The highest BCUT2D eigenvalue weighted by molar-refractivity contribution is 7.80. The summed E-state index contributed by atoms with van der Waals surface area (Å²) in [5, 5.41) is 9.37. The standard InChI is InChI=1S/C19H26Cl5N3OS/c1-2-3-4-5-6-7-8-9-16(28)26-17(19(22,23)24)27-18(29)25-13-10-11-14(20)15(21)12-13/h10-12,17H,2-9H2,1H3,(H,26,28)(H2,25,27,29). The van der Waals surface area contributed by atoms with Gasteiger partial charge >= 0.3 is 0 Å². The predicted octanol–water partition coefficient (Wildman–Crippen LogP) is 7.23. The number of hydrogen-bond donors (Lipinski definition) is 3. The van der Waals surface area contributed by atoms with Gasteiger partial charge in [0.2, 0.25) is 9.70 Å². The molecular formula is C19H26Cl5N3OS. The zero-order chi connectivity index (χ0) is 21.9. The minimum absolute atomic E-state index is 0.163. The number of halogens is 5. The number of unbranched alkanes of at least 4 members (excludes halogenated alkanes) is 6. The summed E-state index contributed by atoms with van der Waals surface area (Å²) in [5.74, 6) is -0.209. The lowest BCUT2D eigenvalue weighted by molar-refractivity contribution is -0.122. The molecule has 4 nitrogen and oxygen atoms in total. The predicted molar refractivity (Wildman–Crippen MR) is 131 cm³/mol. The first-order chi connectivity index (χ1) is 13.6. The highest BCUT2D eigenvalue weighted by Gasteiger charge is 2.34. The van der Waals surface area contributed by atoms with Crippen LogP contribution in [0, 0.1) is 0 Å². The lowest BCUT2D eigenvalue weighted by Gasteiger charge is -2.27. The molecule has 0 aliphatic rings. The number of hydrogen-bond acceptors (Lipinski definition) is 2. The van der Waals surface area contributed by atoms with Crippen molar-refractivity contribution in [1.82, 2.24) is 10.6 Å². The molecule has 0 aliphatic carbocycles. The Kier molecular flexibility index (Phi) is 13.0. The molecule has 1 aromatic rings. The van der Waals surface area contributed by atoms with Crippen LogP contribution in [0.25, 0.3) is 0 Å². The van der Waals surface area contributed by atoms with E-state index in [-0.39, 0.29) is 11.0 Å². The monoisotopic (exact) mass is 519 g/mol. The maximum Gasteiger partial charge on any atom is 0.228 e. The van der Waals surface area contributed by atoms with Crippen LogP contribution in [-0.4, -0.2) is 21.0 Å². The SMILES string of the molecule is CCCCCCCCCC(=O)NC(NC(=S)Nc1ccc(Cl)c(Cl)c1)C(Cl)(Cl)Cl. The topological polar surface area (TPSA) is 53.2 Å². The zero-order valence-electron chi connectivity index (χ0n) is 16.2. The van der Waals surface area contributed by atoms with Gasteiger partial charge in [0.25, 0.3) is 0 Å². The molecule has 0 spiro atoms. The van der Waals surface area contributed by atoms with Crippen molar-refractivity contribution in [1.29, 1.82) is 0 Å². The van der Waals surface area contributed by atoms with E-state index in [1.165, 1.54) is 25.7 Å². The largest absolute Gasteiger partial charge is 0.339 e. The summed E-state index contributed by atoms with van der Waals surface area (Å²) >= 11 is 35.1. The smallest absolute Gasteiger partial charge is 0.228 e. The summed E-state index contributed by atoms with van der Waals surface area (Å²) in [7, 11) is 0. The lowest BCUT2D eigenvalue weighted by atomic mass is 10.1. The Labute approximate surface area is 203 Å². The summed E-state index contributed by atoms with van der Waals surface area (Å²) in [6.07, 6.45) is 7.19. The lowest BCUT2D eigenvalue weighted by Crippen LogP contribution is -2.56. The summed E-state index contributed by atoms with van der Waals surface area (Å²) in [6, 6.07) is 4.94. The number of nitrogens with one attached hydrogen (secondary N) is 3. The second kappa shape index (κ2) is 14.0. The molecule has 1 aromatic carbocycles. The molecule has 0 radical (unpaired) electrons. The number of alkyl halides is 3. The third-order valence-electron chi connectivity index (χ3n) is 4.09. The fourth-order valence-corrected chi connectivity index (χ4v) is 3.41. The number of carbonyl (C=O) groups excluding carboxylic acids is 1. The minimum atomic E-state index is -1.79. The zero-order valence-corrected chi connectivity index (χ0v) is 20.8. The van der Waals surface area contributed by atoms with Gasteiger partial charge in [-0.15, -0.1) is 0 Å². The van der Waals surface area contributed by atoms with Crippen LogP contribution >= 0.6 is 70.2 Å². The van der Waals surface area contributed by atoms with Crippen LogP contribution in [0.15, 0.2) is 18.2 Å². The van der Waals surface area contributed by atoms with Gasteiger partial charge in [0.1, 0.15) is 6.17 Å². The van der Waals surface area contributed by atoms with Gasteiger partial charge in [-0.3, -0.25) is 4.79 Å². The fraction of sp³-hybridized carbons (Fsp3) is 0.579. The Morgan fingerprint density at radius 2 is 1.62 bits per heavy atom. The second-order valence-corrected chi connectivity index (χ2v) is 10.2. The Balaban J connectivity index is 2.47. The van der Waals surface area contributed by atoms with Crippen LogP contribution in [0.2, 0.25) is 10.0 Å². The Hall–Kier alpha value is -0.170. The van der Waals surface area contributed by atoms with Crippen molar-refractivity contribution in [2.24, 2.45) is 0 Å². The average molecular weight is 522 g/mol. The van der Waals surface area contributed by atoms with Crippen molar-refractivity contribution < 1.29 is 4.79 Å². The van der Waals surface area contributed by atoms with Crippen LogP contribution in [0.1, 0.15) is 58.3 Å². The van der Waals surface area contributed by atoms with Gasteiger partial charge in [0.15, 0.2) is 5.11 Å². The maximum atomic E-state index is 12.2. The van der Waals surface area contributed by atoms with E-state index < -0.39 is 9.96 Å². The number of benzene rings is 1. The Bertz CT molecular complexity index is 670. The van der Waals surface area contributed by atoms with Crippen molar-refractivity contribution in [2.75, 3.05) is 5.32 Å². The van der Waals surface area contributed by atoms with Crippen molar-refractivity contribution in [3.05, 3.63) is 28.2 Å². The molecule has 0 aliphatic heterocycles. The molecular weight excluding hydrogens is 496 g/mol. The summed E-state index contributed by atoms with van der Waals surface area (Å²) in [6.45, 7) is 2.19. The summed E-state index contributed by atoms with van der Waals surface area (Å²) in [5.41, 5.74) is 0.606. The van der Waals surface area contributed by atoms with Crippen molar-refractivity contribution in [3.63, 3.8) is 0 Å². The van der Waals surface area contributed by atoms with Gasteiger partial charge in [-0.25, -0.2) is 0 Å². The van der Waals surface area contributed by atoms with Crippen LogP contribution < -0.4 is 16.0 Å². The first kappa shape index (κ1) is 26.9. The maximum absolute atomic E-state index is 12.2. The summed E-state index contributed by atoms with van der Waals surface area (Å²) in [4.78, 5) is 12.2. The molecule has 1 rings (SSSR count). The Morgan fingerprint density at radius 1 is 1.00 bits per heavy atom. The van der Waals surface area contributed by atoms with Gasteiger partial charge in [-0.1, -0.05) is 103 Å². The van der Waals surface area contributed by atoms with Gasteiger partial charge in [-0.2, -0.15) is 0 Å². The quantitative estimate of drug-likeness (QED) is 0.124. The molecule has 0 saturated heterocycles. The number of thiocarbonyl (C=S) groups is 1. The van der Waals surface area contributed by atoms with Crippen molar-refractivity contribution in [3.8, 4) is 0 Å². The average Bonchev–Trinajstić information content (AvgIpc) is 2.62. The van der Waals surface area contributed by atoms with Crippen LogP contribution in [0.4, 0.5) is 5.69 Å². The molecule has 164 valence electrons. The molecule has 29 heavy (non-hydrogen) atoms. The van der Waals surface area contributed by atoms with Crippen LogP contribution in [-0.2, 0) is 4.79 Å². The van der Waals surface area contributed by atoms with Crippen LogP contribution in [0.3, 0.4) is 0 Å². The van der Waals surface area contributed by atoms with E-state index in [4.69, 9.17) is 70.2 Å². The first-order valence-electron chi connectivity index (χ1n) is 9.52. The fourth-order valence-electron chi connectivity index (χ4n) is 2.55. The number of anilines is 1. The molecule has 1 unspecified atom stereocenters. The van der Waals surface area contributed by atoms with Gasteiger partial charge in [0.05, 0.1) is 10.0 Å².